The average molecular weight is 212 g/mol. The van der Waals surface area contributed by atoms with Crippen LogP contribution in [0.4, 0.5) is 0 Å². The minimum absolute atomic E-state index is 0.499. The summed E-state index contributed by atoms with van der Waals surface area (Å²) in [6, 6.07) is 0. The Kier molecular flexibility index (Phi) is 6.55. The van der Waals surface area contributed by atoms with Gasteiger partial charge < -0.3 is 0 Å². The Labute approximate surface area is 97.8 Å². The van der Waals surface area contributed by atoms with Gasteiger partial charge in [0, 0.05) is 0 Å². The van der Waals surface area contributed by atoms with Crippen LogP contribution >= 0.6 is 0 Å². The second kappa shape index (κ2) is 6.55. The molecule has 3 unspecified atom stereocenters. The monoisotopic (exact) mass is 212 g/mol. The van der Waals surface area contributed by atoms with E-state index in [2.05, 4.69) is 48.5 Å². The van der Waals surface area contributed by atoms with Crippen molar-refractivity contribution in [2.24, 2.45) is 23.2 Å². The SMILES string of the molecule is CCCC(C)C(C)(C)C(C)CC(C)CC. The zero-order chi connectivity index (χ0) is 12.1. The average Bonchev–Trinajstić information content (AvgIpc) is 2.17. The van der Waals surface area contributed by atoms with Crippen molar-refractivity contribution in [3.63, 3.8) is 0 Å². The van der Waals surface area contributed by atoms with Crippen molar-refractivity contribution in [3.05, 3.63) is 0 Å². The van der Waals surface area contributed by atoms with Crippen LogP contribution in [0.3, 0.4) is 0 Å². The van der Waals surface area contributed by atoms with Gasteiger partial charge >= 0.3 is 0 Å². The summed E-state index contributed by atoms with van der Waals surface area (Å²) >= 11 is 0. The van der Waals surface area contributed by atoms with Gasteiger partial charge in [0.05, 0.1) is 0 Å². The molecule has 0 spiro atoms. The lowest BCUT2D eigenvalue weighted by molar-refractivity contribution is 0.110. The zero-order valence-corrected chi connectivity index (χ0v) is 12.1. The Balaban J connectivity index is 4.29. The topological polar surface area (TPSA) is 0 Å². The Morgan fingerprint density at radius 1 is 0.933 bits per heavy atom. The minimum atomic E-state index is 0.499. The summed E-state index contributed by atoms with van der Waals surface area (Å²) in [4.78, 5) is 0. The van der Waals surface area contributed by atoms with E-state index in [1.54, 1.807) is 0 Å². The highest BCUT2D eigenvalue weighted by molar-refractivity contribution is 4.81. The minimum Gasteiger partial charge on any atom is -0.0654 e. The van der Waals surface area contributed by atoms with Crippen molar-refractivity contribution in [1.82, 2.24) is 0 Å². The van der Waals surface area contributed by atoms with Crippen LogP contribution in [0, 0.1) is 23.2 Å². The maximum absolute atomic E-state index is 2.46. The summed E-state index contributed by atoms with van der Waals surface area (Å²) in [6.45, 7) is 16.8. The summed E-state index contributed by atoms with van der Waals surface area (Å²) < 4.78 is 0. The first-order chi connectivity index (χ1) is 6.86. The molecule has 3 atom stereocenters. The van der Waals surface area contributed by atoms with Crippen LogP contribution in [0.15, 0.2) is 0 Å². The molecular formula is C15H32. The highest BCUT2D eigenvalue weighted by atomic mass is 14.4. The molecule has 92 valence electrons. The number of rotatable bonds is 7. The summed E-state index contributed by atoms with van der Waals surface area (Å²) in [7, 11) is 0. The molecule has 0 aliphatic rings. The van der Waals surface area contributed by atoms with Gasteiger partial charge in [0.1, 0.15) is 0 Å². The van der Waals surface area contributed by atoms with Gasteiger partial charge in [-0.25, -0.2) is 0 Å². The predicted octanol–water partition coefficient (Wildman–Crippen LogP) is 5.52. The first kappa shape index (κ1) is 15.0. The molecule has 0 aliphatic carbocycles. The van der Waals surface area contributed by atoms with E-state index in [1.807, 2.05) is 0 Å². The van der Waals surface area contributed by atoms with Gasteiger partial charge in [-0.1, -0.05) is 67.7 Å². The van der Waals surface area contributed by atoms with Gasteiger partial charge in [-0.05, 0) is 29.6 Å². The molecule has 0 heterocycles. The van der Waals surface area contributed by atoms with Crippen molar-refractivity contribution in [2.45, 2.75) is 74.1 Å². The molecule has 0 aromatic carbocycles. The van der Waals surface area contributed by atoms with Crippen LogP contribution in [0.1, 0.15) is 74.1 Å². The fraction of sp³-hybridized carbons (Fsp3) is 1.00. The molecule has 0 saturated heterocycles. The van der Waals surface area contributed by atoms with Crippen LogP contribution in [0.25, 0.3) is 0 Å². The quantitative estimate of drug-likeness (QED) is 0.521. The largest absolute Gasteiger partial charge is 0.0654 e. The van der Waals surface area contributed by atoms with Gasteiger partial charge in [-0.3, -0.25) is 0 Å². The summed E-state index contributed by atoms with van der Waals surface area (Å²) in [5.74, 6) is 2.57. The summed E-state index contributed by atoms with van der Waals surface area (Å²) in [6.07, 6.45) is 5.40. The zero-order valence-electron chi connectivity index (χ0n) is 12.1. The molecule has 0 nitrogen and oxygen atoms in total. The van der Waals surface area contributed by atoms with Crippen LogP contribution in [0.5, 0.6) is 0 Å². The molecule has 0 radical (unpaired) electrons. The van der Waals surface area contributed by atoms with E-state index in [1.165, 1.54) is 25.7 Å². The molecule has 0 heteroatoms. The van der Waals surface area contributed by atoms with Gasteiger partial charge in [-0.15, -0.1) is 0 Å². The molecule has 0 rings (SSSR count). The van der Waals surface area contributed by atoms with Gasteiger partial charge in [-0.2, -0.15) is 0 Å². The Bertz CT molecular complexity index is 157. The molecule has 0 amide bonds. The van der Waals surface area contributed by atoms with Crippen molar-refractivity contribution in [1.29, 1.82) is 0 Å². The van der Waals surface area contributed by atoms with Gasteiger partial charge in [0.2, 0.25) is 0 Å². The summed E-state index contributed by atoms with van der Waals surface area (Å²) in [5.41, 5.74) is 0.499. The van der Waals surface area contributed by atoms with E-state index in [0.29, 0.717) is 5.41 Å². The Morgan fingerprint density at radius 2 is 1.47 bits per heavy atom. The molecule has 0 saturated carbocycles. The summed E-state index contributed by atoms with van der Waals surface area (Å²) in [5, 5.41) is 0. The van der Waals surface area contributed by atoms with E-state index in [9.17, 15) is 0 Å². The third kappa shape index (κ3) is 4.57. The molecule has 0 aromatic heterocycles. The van der Waals surface area contributed by atoms with Crippen LogP contribution in [0.2, 0.25) is 0 Å². The normalized spacial score (nSPS) is 18.6. The molecule has 0 aromatic rings. The molecule has 0 aliphatic heterocycles. The van der Waals surface area contributed by atoms with E-state index >= 15 is 0 Å². The van der Waals surface area contributed by atoms with Crippen LogP contribution < -0.4 is 0 Å². The fourth-order valence-electron chi connectivity index (χ4n) is 2.36. The molecule has 0 fully saturated rings. The van der Waals surface area contributed by atoms with Crippen LogP contribution in [-0.2, 0) is 0 Å². The Hall–Kier alpha value is 0. The first-order valence-corrected chi connectivity index (χ1v) is 6.86. The van der Waals surface area contributed by atoms with E-state index in [-0.39, 0.29) is 0 Å². The molecular weight excluding hydrogens is 180 g/mol. The molecule has 0 N–H and O–H groups in total. The smallest absolute Gasteiger partial charge is 0.0303 e. The standard InChI is InChI=1S/C15H32/c1-8-10-13(4)15(6,7)14(5)11-12(3)9-2/h12-14H,8-11H2,1-7H3. The maximum Gasteiger partial charge on any atom is -0.0303 e. The predicted molar refractivity (Wildman–Crippen MR) is 71.1 cm³/mol. The fourth-order valence-corrected chi connectivity index (χ4v) is 2.36. The van der Waals surface area contributed by atoms with Crippen molar-refractivity contribution in [2.75, 3.05) is 0 Å². The van der Waals surface area contributed by atoms with Crippen molar-refractivity contribution >= 4 is 0 Å². The third-order valence-corrected chi connectivity index (χ3v) is 4.71. The highest BCUT2D eigenvalue weighted by Gasteiger charge is 2.31. The molecule has 0 bridgehead atoms. The van der Waals surface area contributed by atoms with Crippen molar-refractivity contribution < 1.29 is 0 Å². The lowest BCUT2D eigenvalue weighted by Gasteiger charge is -2.39. The van der Waals surface area contributed by atoms with Gasteiger partial charge in [0.15, 0.2) is 0 Å². The maximum atomic E-state index is 2.46. The molecule has 15 heavy (non-hydrogen) atoms. The number of hydrogen-bond donors (Lipinski definition) is 0. The van der Waals surface area contributed by atoms with E-state index in [4.69, 9.17) is 0 Å². The lowest BCUT2D eigenvalue weighted by atomic mass is 9.67. The highest BCUT2D eigenvalue weighted by Crippen LogP contribution is 2.40. The van der Waals surface area contributed by atoms with E-state index < -0.39 is 0 Å². The van der Waals surface area contributed by atoms with E-state index in [0.717, 1.165) is 17.8 Å². The second-order valence-electron chi connectivity index (χ2n) is 6.16. The Morgan fingerprint density at radius 3 is 1.87 bits per heavy atom. The lowest BCUT2D eigenvalue weighted by Crippen LogP contribution is -2.30. The van der Waals surface area contributed by atoms with Gasteiger partial charge in [0.25, 0.3) is 0 Å². The van der Waals surface area contributed by atoms with Crippen molar-refractivity contribution in [3.8, 4) is 0 Å². The first-order valence-electron chi connectivity index (χ1n) is 6.86. The number of hydrogen-bond acceptors (Lipinski definition) is 0. The second-order valence-corrected chi connectivity index (χ2v) is 6.16. The van der Waals surface area contributed by atoms with Crippen LogP contribution in [-0.4, -0.2) is 0 Å². The third-order valence-electron chi connectivity index (χ3n) is 4.71.